The van der Waals surface area contributed by atoms with Crippen LogP contribution in [0.4, 0.5) is 0 Å². The van der Waals surface area contributed by atoms with Gasteiger partial charge in [0.25, 0.3) is 0 Å². The SMILES string of the molecule is O=C(CN(CCO)C1CCCC1)NCCc1cccs1. The molecule has 112 valence electrons. The third-order valence-corrected chi connectivity index (χ3v) is 4.78. The van der Waals surface area contributed by atoms with Crippen LogP contribution in [0.25, 0.3) is 0 Å². The minimum absolute atomic E-state index is 0.0712. The third-order valence-electron chi connectivity index (χ3n) is 3.85. The molecule has 0 aromatic carbocycles. The second kappa shape index (κ2) is 8.39. The van der Waals surface area contributed by atoms with E-state index < -0.39 is 0 Å². The van der Waals surface area contributed by atoms with E-state index in [1.54, 1.807) is 11.3 Å². The minimum atomic E-state index is 0.0712. The van der Waals surface area contributed by atoms with Gasteiger partial charge in [0.1, 0.15) is 0 Å². The fourth-order valence-corrected chi connectivity index (χ4v) is 3.52. The lowest BCUT2D eigenvalue weighted by Gasteiger charge is -2.27. The first kappa shape index (κ1) is 15.5. The Kier molecular flexibility index (Phi) is 6.50. The maximum atomic E-state index is 12.0. The highest BCUT2D eigenvalue weighted by Crippen LogP contribution is 2.22. The topological polar surface area (TPSA) is 52.6 Å². The second-order valence-corrected chi connectivity index (χ2v) is 6.34. The van der Waals surface area contributed by atoms with E-state index in [-0.39, 0.29) is 12.5 Å². The highest BCUT2D eigenvalue weighted by Gasteiger charge is 2.23. The molecule has 0 unspecified atom stereocenters. The van der Waals surface area contributed by atoms with Gasteiger partial charge in [0, 0.05) is 24.0 Å². The molecule has 20 heavy (non-hydrogen) atoms. The zero-order chi connectivity index (χ0) is 14.2. The van der Waals surface area contributed by atoms with Crippen molar-refractivity contribution in [2.45, 2.75) is 38.1 Å². The largest absolute Gasteiger partial charge is 0.395 e. The number of aliphatic hydroxyl groups excluding tert-OH is 1. The first-order valence-corrected chi connectivity index (χ1v) is 8.31. The predicted octanol–water partition coefficient (Wildman–Crippen LogP) is 1.64. The van der Waals surface area contributed by atoms with Crippen molar-refractivity contribution in [1.29, 1.82) is 0 Å². The first-order chi connectivity index (χ1) is 9.79. The van der Waals surface area contributed by atoms with Crippen LogP contribution in [0.1, 0.15) is 30.6 Å². The number of hydrogen-bond donors (Lipinski definition) is 2. The zero-order valence-electron chi connectivity index (χ0n) is 11.9. The Hall–Kier alpha value is -0.910. The minimum Gasteiger partial charge on any atom is -0.395 e. The van der Waals surface area contributed by atoms with Crippen molar-refractivity contribution < 1.29 is 9.90 Å². The van der Waals surface area contributed by atoms with Crippen LogP contribution in [-0.2, 0) is 11.2 Å². The van der Waals surface area contributed by atoms with Crippen molar-refractivity contribution in [2.24, 2.45) is 0 Å². The summed E-state index contributed by atoms with van der Waals surface area (Å²) in [4.78, 5) is 15.4. The Bertz CT molecular complexity index is 389. The fourth-order valence-electron chi connectivity index (χ4n) is 2.81. The number of carbonyl (C=O) groups is 1. The Balaban J connectivity index is 1.70. The molecule has 2 rings (SSSR count). The monoisotopic (exact) mass is 296 g/mol. The number of nitrogens with one attached hydrogen (secondary N) is 1. The van der Waals surface area contributed by atoms with Gasteiger partial charge in [-0.1, -0.05) is 18.9 Å². The molecule has 0 atom stereocenters. The number of thiophene rings is 1. The number of amides is 1. The molecule has 5 heteroatoms. The van der Waals surface area contributed by atoms with Crippen LogP contribution in [0.2, 0.25) is 0 Å². The van der Waals surface area contributed by atoms with Crippen molar-refractivity contribution in [3.63, 3.8) is 0 Å². The quantitative estimate of drug-likeness (QED) is 0.767. The standard InChI is InChI=1S/C15H24N2O2S/c18-10-9-17(13-4-1-2-5-13)12-15(19)16-8-7-14-6-3-11-20-14/h3,6,11,13,18H,1-2,4-5,7-10,12H2,(H,16,19). The van der Waals surface area contributed by atoms with Crippen molar-refractivity contribution >= 4 is 17.2 Å². The maximum Gasteiger partial charge on any atom is 0.234 e. The number of nitrogens with zero attached hydrogens (tertiary/aromatic N) is 1. The van der Waals surface area contributed by atoms with Gasteiger partial charge in [0.15, 0.2) is 0 Å². The highest BCUT2D eigenvalue weighted by molar-refractivity contribution is 7.09. The molecule has 0 aliphatic heterocycles. The van der Waals surface area contributed by atoms with Crippen LogP contribution in [0.15, 0.2) is 17.5 Å². The molecule has 1 amide bonds. The summed E-state index contributed by atoms with van der Waals surface area (Å²) in [5, 5.41) is 14.2. The summed E-state index contributed by atoms with van der Waals surface area (Å²) in [6.45, 7) is 1.83. The van der Waals surface area contributed by atoms with Gasteiger partial charge < -0.3 is 10.4 Å². The van der Waals surface area contributed by atoms with E-state index in [0.29, 0.717) is 25.7 Å². The third kappa shape index (κ3) is 4.89. The lowest BCUT2D eigenvalue weighted by Crippen LogP contribution is -2.43. The van der Waals surface area contributed by atoms with E-state index in [2.05, 4.69) is 21.7 Å². The van der Waals surface area contributed by atoms with Crippen LogP contribution < -0.4 is 5.32 Å². The molecule has 1 saturated carbocycles. The molecular formula is C15H24N2O2S. The maximum absolute atomic E-state index is 12.0. The predicted molar refractivity (Wildman–Crippen MR) is 81.9 cm³/mol. The summed E-state index contributed by atoms with van der Waals surface area (Å²) in [7, 11) is 0. The average molecular weight is 296 g/mol. The van der Waals surface area contributed by atoms with Gasteiger partial charge in [-0.05, 0) is 30.7 Å². The van der Waals surface area contributed by atoms with Gasteiger partial charge in [-0.25, -0.2) is 0 Å². The molecule has 1 aromatic rings. The highest BCUT2D eigenvalue weighted by atomic mass is 32.1. The molecule has 1 aromatic heterocycles. The Morgan fingerprint density at radius 2 is 2.25 bits per heavy atom. The zero-order valence-corrected chi connectivity index (χ0v) is 12.7. The van der Waals surface area contributed by atoms with Gasteiger partial charge >= 0.3 is 0 Å². The summed E-state index contributed by atoms with van der Waals surface area (Å²) in [5.41, 5.74) is 0. The molecule has 0 radical (unpaired) electrons. The fraction of sp³-hybridized carbons (Fsp3) is 0.667. The van der Waals surface area contributed by atoms with E-state index in [9.17, 15) is 4.79 Å². The molecule has 2 N–H and O–H groups in total. The van der Waals surface area contributed by atoms with Gasteiger partial charge in [-0.2, -0.15) is 0 Å². The van der Waals surface area contributed by atoms with Crippen molar-refractivity contribution in [3.05, 3.63) is 22.4 Å². The molecule has 0 spiro atoms. The number of rotatable bonds is 8. The summed E-state index contributed by atoms with van der Waals surface area (Å²) in [5.74, 6) is 0.0712. The van der Waals surface area contributed by atoms with E-state index >= 15 is 0 Å². The van der Waals surface area contributed by atoms with Crippen LogP contribution >= 0.6 is 11.3 Å². The Morgan fingerprint density at radius 1 is 1.45 bits per heavy atom. The number of aliphatic hydroxyl groups is 1. The summed E-state index contributed by atoms with van der Waals surface area (Å²) in [6.07, 6.45) is 5.69. The second-order valence-electron chi connectivity index (χ2n) is 5.31. The molecule has 0 bridgehead atoms. The van der Waals surface area contributed by atoms with Crippen LogP contribution in [-0.4, -0.2) is 48.2 Å². The van der Waals surface area contributed by atoms with Gasteiger partial charge in [-0.15, -0.1) is 11.3 Å². The first-order valence-electron chi connectivity index (χ1n) is 7.43. The van der Waals surface area contributed by atoms with E-state index in [1.165, 1.54) is 17.7 Å². The molecule has 1 aliphatic carbocycles. The lowest BCUT2D eigenvalue weighted by atomic mass is 10.2. The summed E-state index contributed by atoms with van der Waals surface area (Å²) in [6, 6.07) is 4.60. The molecule has 1 fully saturated rings. The van der Waals surface area contributed by atoms with Crippen molar-refractivity contribution in [3.8, 4) is 0 Å². The molecule has 4 nitrogen and oxygen atoms in total. The van der Waals surface area contributed by atoms with E-state index in [4.69, 9.17) is 5.11 Å². The molecule has 1 aliphatic rings. The van der Waals surface area contributed by atoms with Gasteiger partial charge in [-0.3, -0.25) is 9.69 Å². The smallest absolute Gasteiger partial charge is 0.234 e. The molecule has 1 heterocycles. The van der Waals surface area contributed by atoms with Crippen LogP contribution in [0.3, 0.4) is 0 Å². The summed E-state index contributed by atoms with van der Waals surface area (Å²) >= 11 is 1.72. The Labute approximate surface area is 124 Å². The lowest BCUT2D eigenvalue weighted by molar-refractivity contribution is -0.122. The average Bonchev–Trinajstić information content (AvgIpc) is 3.11. The summed E-state index contributed by atoms with van der Waals surface area (Å²) < 4.78 is 0. The van der Waals surface area contributed by atoms with Crippen molar-refractivity contribution in [1.82, 2.24) is 10.2 Å². The van der Waals surface area contributed by atoms with E-state index in [0.717, 1.165) is 19.3 Å². The van der Waals surface area contributed by atoms with Crippen molar-refractivity contribution in [2.75, 3.05) is 26.2 Å². The number of hydrogen-bond acceptors (Lipinski definition) is 4. The Morgan fingerprint density at radius 3 is 2.90 bits per heavy atom. The molecular weight excluding hydrogens is 272 g/mol. The molecule has 0 saturated heterocycles. The number of carbonyl (C=O) groups excluding carboxylic acids is 1. The van der Waals surface area contributed by atoms with Crippen LogP contribution in [0.5, 0.6) is 0 Å². The van der Waals surface area contributed by atoms with Crippen LogP contribution in [0, 0.1) is 0 Å². The van der Waals surface area contributed by atoms with Gasteiger partial charge in [0.2, 0.25) is 5.91 Å². The van der Waals surface area contributed by atoms with E-state index in [1.807, 2.05) is 6.07 Å². The van der Waals surface area contributed by atoms with Gasteiger partial charge in [0.05, 0.1) is 13.2 Å². The normalized spacial score (nSPS) is 15.9.